The smallest absolute Gasteiger partial charge is 0.223 e. The number of Topliss-reactive ketones (excluding diaryl/α,β-unsaturated/α-hetero) is 1. The molecule has 8 heteroatoms. The summed E-state index contributed by atoms with van der Waals surface area (Å²) in [6.07, 6.45) is 4.54. The molecule has 2 aliphatic rings. The summed E-state index contributed by atoms with van der Waals surface area (Å²) in [6.45, 7) is 3.87. The summed E-state index contributed by atoms with van der Waals surface area (Å²) in [5, 5.41) is 14.6. The van der Waals surface area contributed by atoms with Gasteiger partial charge in [0.05, 0.1) is 31.3 Å². The van der Waals surface area contributed by atoms with Gasteiger partial charge in [0.2, 0.25) is 5.91 Å². The molecular formula is C29H31F2NO5. The lowest BCUT2D eigenvalue weighted by atomic mass is 9.72. The van der Waals surface area contributed by atoms with Gasteiger partial charge >= 0.3 is 0 Å². The third-order valence-corrected chi connectivity index (χ3v) is 6.91. The number of hydrogen-bond donors (Lipinski definition) is 2. The van der Waals surface area contributed by atoms with Crippen LogP contribution in [0.15, 0.2) is 66.5 Å². The molecule has 6 nitrogen and oxygen atoms in total. The van der Waals surface area contributed by atoms with Gasteiger partial charge in [0.15, 0.2) is 5.78 Å². The molecule has 1 aliphatic carbocycles. The molecule has 0 saturated carbocycles. The van der Waals surface area contributed by atoms with Crippen LogP contribution < -0.4 is 10.1 Å². The van der Waals surface area contributed by atoms with Crippen molar-refractivity contribution in [1.29, 1.82) is 0 Å². The average Bonchev–Trinajstić information content (AvgIpc) is 3.30. The number of allylic oxidation sites excluding steroid dienone is 1. The first-order valence-corrected chi connectivity index (χ1v) is 12.1. The van der Waals surface area contributed by atoms with Crippen LogP contribution in [-0.2, 0) is 26.2 Å². The van der Waals surface area contributed by atoms with Crippen LogP contribution in [0.5, 0.6) is 5.75 Å². The van der Waals surface area contributed by atoms with E-state index in [-0.39, 0.29) is 31.7 Å². The third-order valence-electron chi connectivity index (χ3n) is 6.91. The van der Waals surface area contributed by atoms with Crippen molar-refractivity contribution in [1.82, 2.24) is 5.32 Å². The highest BCUT2D eigenvalue weighted by atomic mass is 19.1. The SMILES string of the molecule is COc1ccc(F)cc1C(C)(C)CC(O)(CC(=O)NC1C=CC2=COCC2C1=O)Cc1cccc(F)c1. The lowest BCUT2D eigenvalue weighted by Crippen LogP contribution is -2.48. The minimum absolute atomic E-state index is 0.0293. The molecular weight excluding hydrogens is 480 g/mol. The van der Waals surface area contributed by atoms with Crippen LogP contribution in [0.1, 0.15) is 37.8 Å². The monoisotopic (exact) mass is 511 g/mol. The van der Waals surface area contributed by atoms with Gasteiger partial charge in [0.1, 0.15) is 30.0 Å². The zero-order chi connectivity index (χ0) is 26.8. The van der Waals surface area contributed by atoms with E-state index in [1.165, 1.54) is 49.8 Å². The molecule has 0 saturated heterocycles. The molecule has 1 aliphatic heterocycles. The highest BCUT2D eigenvalue weighted by Crippen LogP contribution is 2.40. The van der Waals surface area contributed by atoms with Crippen LogP contribution in [0, 0.1) is 17.6 Å². The predicted octanol–water partition coefficient (Wildman–Crippen LogP) is 4.16. The van der Waals surface area contributed by atoms with E-state index in [1.54, 1.807) is 18.2 Å². The number of aliphatic hydroxyl groups is 1. The molecule has 2 N–H and O–H groups in total. The topological polar surface area (TPSA) is 84.9 Å². The molecule has 3 atom stereocenters. The van der Waals surface area contributed by atoms with Crippen molar-refractivity contribution in [3.63, 3.8) is 0 Å². The van der Waals surface area contributed by atoms with Crippen molar-refractivity contribution < 1.29 is 33.0 Å². The molecule has 1 amide bonds. The van der Waals surface area contributed by atoms with Crippen molar-refractivity contribution in [3.05, 3.63) is 89.2 Å². The molecule has 0 spiro atoms. The van der Waals surface area contributed by atoms with Crippen molar-refractivity contribution in [2.75, 3.05) is 13.7 Å². The number of halogens is 2. The van der Waals surface area contributed by atoms with Gasteiger partial charge in [-0.05, 0) is 47.7 Å². The maximum atomic E-state index is 14.2. The molecule has 0 aromatic heterocycles. The van der Waals surface area contributed by atoms with Gasteiger partial charge < -0.3 is 19.9 Å². The van der Waals surface area contributed by atoms with E-state index in [2.05, 4.69) is 5.32 Å². The first-order chi connectivity index (χ1) is 17.5. The Balaban J connectivity index is 1.59. The van der Waals surface area contributed by atoms with Crippen LogP contribution in [0.25, 0.3) is 0 Å². The average molecular weight is 512 g/mol. The molecule has 2 aromatic rings. The zero-order valence-corrected chi connectivity index (χ0v) is 21.1. The fourth-order valence-electron chi connectivity index (χ4n) is 5.32. The summed E-state index contributed by atoms with van der Waals surface area (Å²) in [7, 11) is 1.48. The zero-order valence-electron chi connectivity index (χ0n) is 21.1. The normalized spacial score (nSPS) is 20.5. The summed E-state index contributed by atoms with van der Waals surface area (Å²) >= 11 is 0. The number of fused-ring (bicyclic) bond motifs is 1. The van der Waals surface area contributed by atoms with E-state index >= 15 is 0 Å². The largest absolute Gasteiger partial charge is 0.500 e. The molecule has 2 aromatic carbocycles. The van der Waals surface area contributed by atoms with Gasteiger partial charge in [-0.15, -0.1) is 0 Å². The Labute approximate surface area is 215 Å². The molecule has 0 fully saturated rings. The molecule has 37 heavy (non-hydrogen) atoms. The van der Waals surface area contributed by atoms with Crippen molar-refractivity contribution >= 4 is 11.7 Å². The summed E-state index contributed by atoms with van der Waals surface area (Å²) in [5.41, 5.74) is -0.689. The van der Waals surface area contributed by atoms with Crippen LogP contribution in [-0.4, -0.2) is 42.2 Å². The fraction of sp³-hybridized carbons (Fsp3) is 0.379. The maximum absolute atomic E-state index is 14.2. The van der Waals surface area contributed by atoms with Gasteiger partial charge in [0.25, 0.3) is 0 Å². The molecule has 196 valence electrons. The number of carbonyl (C=O) groups is 2. The number of carbonyl (C=O) groups excluding carboxylic acids is 2. The molecule has 3 unspecified atom stereocenters. The van der Waals surface area contributed by atoms with E-state index < -0.39 is 40.5 Å². The van der Waals surface area contributed by atoms with E-state index in [1.807, 2.05) is 13.8 Å². The van der Waals surface area contributed by atoms with E-state index in [4.69, 9.17) is 9.47 Å². The van der Waals surface area contributed by atoms with Crippen molar-refractivity contribution in [3.8, 4) is 5.75 Å². The maximum Gasteiger partial charge on any atom is 0.223 e. The Morgan fingerprint density at radius 2 is 1.95 bits per heavy atom. The van der Waals surface area contributed by atoms with Crippen LogP contribution >= 0.6 is 0 Å². The Hall–Kier alpha value is -3.52. The number of methoxy groups -OCH3 is 1. The van der Waals surface area contributed by atoms with Crippen molar-refractivity contribution in [2.45, 2.75) is 50.2 Å². The summed E-state index contributed by atoms with van der Waals surface area (Å²) in [4.78, 5) is 26.0. The van der Waals surface area contributed by atoms with Gasteiger partial charge in [-0.25, -0.2) is 8.78 Å². The Morgan fingerprint density at radius 1 is 1.19 bits per heavy atom. The highest BCUT2D eigenvalue weighted by Gasteiger charge is 2.41. The number of amides is 1. The Bertz CT molecular complexity index is 1250. The second-order valence-electron chi connectivity index (χ2n) is 10.4. The van der Waals surface area contributed by atoms with Gasteiger partial charge in [0, 0.05) is 17.6 Å². The standard InChI is InChI=1S/C29H31F2NO5/c1-28(2,23-12-21(31)8-10-25(23)36-3)17-29(35,13-18-5-4-6-20(30)11-18)14-26(33)32-24-9-7-19-15-37-16-22(19)27(24)34/h4-12,15,22,24,35H,13-14,16-17H2,1-3H3,(H,32,33). The van der Waals surface area contributed by atoms with Gasteiger partial charge in [-0.2, -0.15) is 0 Å². The van der Waals surface area contributed by atoms with Crippen LogP contribution in [0.2, 0.25) is 0 Å². The minimum atomic E-state index is -1.65. The molecule has 4 rings (SSSR count). The Kier molecular flexibility index (Phi) is 7.50. The number of hydrogen-bond acceptors (Lipinski definition) is 5. The van der Waals surface area contributed by atoms with Crippen molar-refractivity contribution in [2.24, 2.45) is 5.92 Å². The first kappa shape index (κ1) is 26.5. The lowest BCUT2D eigenvalue weighted by molar-refractivity contribution is -0.132. The van der Waals surface area contributed by atoms with E-state index in [0.29, 0.717) is 16.9 Å². The van der Waals surface area contributed by atoms with Gasteiger partial charge in [-0.1, -0.05) is 38.1 Å². The minimum Gasteiger partial charge on any atom is -0.500 e. The first-order valence-electron chi connectivity index (χ1n) is 12.1. The number of rotatable bonds is 9. The number of ketones is 1. The Morgan fingerprint density at radius 3 is 2.68 bits per heavy atom. The molecule has 0 bridgehead atoms. The summed E-state index contributed by atoms with van der Waals surface area (Å²) in [6, 6.07) is 9.12. The van der Waals surface area contributed by atoms with Crippen LogP contribution in [0.4, 0.5) is 8.78 Å². The summed E-state index contributed by atoms with van der Waals surface area (Å²) < 4.78 is 38.8. The summed E-state index contributed by atoms with van der Waals surface area (Å²) in [5.74, 6) is -1.61. The molecule has 1 heterocycles. The predicted molar refractivity (Wildman–Crippen MR) is 134 cm³/mol. The number of ether oxygens (including phenoxy) is 2. The van der Waals surface area contributed by atoms with E-state index in [0.717, 1.165) is 5.57 Å². The van der Waals surface area contributed by atoms with Gasteiger partial charge in [-0.3, -0.25) is 9.59 Å². The van der Waals surface area contributed by atoms with E-state index in [9.17, 15) is 23.5 Å². The number of benzene rings is 2. The number of nitrogens with one attached hydrogen (secondary N) is 1. The second kappa shape index (κ2) is 10.5. The third kappa shape index (κ3) is 6.07. The quantitative estimate of drug-likeness (QED) is 0.528. The molecule has 0 radical (unpaired) electrons. The fourth-order valence-corrected chi connectivity index (χ4v) is 5.32. The second-order valence-corrected chi connectivity index (χ2v) is 10.4. The highest BCUT2D eigenvalue weighted by molar-refractivity contribution is 5.96. The lowest BCUT2D eigenvalue weighted by Gasteiger charge is -2.37. The van der Waals surface area contributed by atoms with Crippen LogP contribution in [0.3, 0.4) is 0 Å².